The highest BCUT2D eigenvalue weighted by molar-refractivity contribution is 5.82. The van der Waals surface area contributed by atoms with Crippen LogP contribution in [0.3, 0.4) is 0 Å². The Morgan fingerprint density at radius 2 is 1.87 bits per heavy atom. The highest BCUT2D eigenvalue weighted by Crippen LogP contribution is 2.28. The molecule has 7 heteroatoms. The molecule has 0 bridgehead atoms. The molecule has 1 heterocycles. The first-order chi connectivity index (χ1) is 11.0. The second-order valence-electron chi connectivity index (χ2n) is 6.63. The maximum atomic E-state index is 12.0. The predicted octanol–water partition coefficient (Wildman–Crippen LogP) is -0.0655. The van der Waals surface area contributed by atoms with E-state index in [0.29, 0.717) is 13.1 Å². The van der Waals surface area contributed by atoms with Crippen molar-refractivity contribution in [2.75, 3.05) is 33.2 Å². The van der Waals surface area contributed by atoms with Crippen LogP contribution in [0.15, 0.2) is 4.99 Å². The van der Waals surface area contributed by atoms with E-state index in [4.69, 9.17) is 0 Å². The normalized spacial score (nSPS) is 21.5. The van der Waals surface area contributed by atoms with Crippen molar-refractivity contribution in [1.29, 1.82) is 0 Å². The standard InChI is InChI=1S/C16H29N5O2/c1-11(2)15(23)21-9-6-13(10-21)20-16(17-3)19-8-7-18-14(22)12-4-5-12/h11-13H,4-10H2,1-3H3,(H,18,22)(H2,17,19,20). The zero-order valence-electron chi connectivity index (χ0n) is 14.4. The van der Waals surface area contributed by atoms with Crippen molar-refractivity contribution in [2.24, 2.45) is 16.8 Å². The monoisotopic (exact) mass is 323 g/mol. The Balaban J connectivity index is 1.64. The summed E-state index contributed by atoms with van der Waals surface area (Å²) >= 11 is 0. The van der Waals surface area contributed by atoms with Gasteiger partial charge in [0.15, 0.2) is 5.96 Å². The van der Waals surface area contributed by atoms with Crippen molar-refractivity contribution in [1.82, 2.24) is 20.9 Å². The van der Waals surface area contributed by atoms with Gasteiger partial charge in [-0.3, -0.25) is 14.6 Å². The lowest BCUT2D eigenvalue weighted by Crippen LogP contribution is -2.47. The molecule has 130 valence electrons. The predicted molar refractivity (Wildman–Crippen MR) is 90.1 cm³/mol. The van der Waals surface area contributed by atoms with E-state index < -0.39 is 0 Å². The fourth-order valence-corrected chi connectivity index (χ4v) is 2.69. The number of carbonyl (C=O) groups is 2. The minimum absolute atomic E-state index is 0.0428. The molecule has 1 aliphatic heterocycles. The molecule has 0 aromatic heterocycles. The quantitative estimate of drug-likeness (QED) is 0.363. The fraction of sp³-hybridized carbons (Fsp3) is 0.812. The van der Waals surface area contributed by atoms with Gasteiger partial charge in [-0.1, -0.05) is 13.8 Å². The summed E-state index contributed by atoms with van der Waals surface area (Å²) in [6.45, 7) is 6.61. The van der Waals surface area contributed by atoms with Gasteiger partial charge in [0.25, 0.3) is 0 Å². The zero-order chi connectivity index (χ0) is 16.8. The SMILES string of the molecule is CN=C(NCCNC(=O)C1CC1)NC1CCN(C(=O)C(C)C)C1. The molecule has 0 spiro atoms. The fourth-order valence-electron chi connectivity index (χ4n) is 2.69. The van der Waals surface area contributed by atoms with Gasteiger partial charge >= 0.3 is 0 Å². The van der Waals surface area contributed by atoms with Gasteiger partial charge in [-0.2, -0.15) is 0 Å². The van der Waals surface area contributed by atoms with Crippen LogP contribution >= 0.6 is 0 Å². The smallest absolute Gasteiger partial charge is 0.225 e. The number of guanidine groups is 1. The molecule has 3 N–H and O–H groups in total. The summed E-state index contributed by atoms with van der Waals surface area (Å²) < 4.78 is 0. The largest absolute Gasteiger partial charge is 0.355 e. The second-order valence-corrected chi connectivity index (χ2v) is 6.63. The Morgan fingerprint density at radius 1 is 1.17 bits per heavy atom. The van der Waals surface area contributed by atoms with E-state index in [0.717, 1.165) is 38.3 Å². The third-order valence-corrected chi connectivity index (χ3v) is 4.22. The van der Waals surface area contributed by atoms with Crippen LogP contribution in [-0.2, 0) is 9.59 Å². The third kappa shape index (κ3) is 5.41. The molecule has 1 saturated heterocycles. The van der Waals surface area contributed by atoms with E-state index in [-0.39, 0.29) is 29.7 Å². The minimum atomic E-state index is 0.0428. The zero-order valence-corrected chi connectivity index (χ0v) is 14.4. The van der Waals surface area contributed by atoms with Crippen molar-refractivity contribution in [3.8, 4) is 0 Å². The summed E-state index contributed by atoms with van der Waals surface area (Å²) in [5, 5.41) is 9.46. The molecule has 23 heavy (non-hydrogen) atoms. The summed E-state index contributed by atoms with van der Waals surface area (Å²) in [7, 11) is 1.73. The lowest BCUT2D eigenvalue weighted by Gasteiger charge is -2.20. The van der Waals surface area contributed by atoms with Crippen LogP contribution in [0.25, 0.3) is 0 Å². The third-order valence-electron chi connectivity index (χ3n) is 4.22. The number of hydrogen-bond acceptors (Lipinski definition) is 3. The molecule has 2 fully saturated rings. The Bertz CT molecular complexity index is 459. The molecule has 1 atom stereocenters. The number of aliphatic imine (C=N–C) groups is 1. The van der Waals surface area contributed by atoms with E-state index in [1.165, 1.54) is 0 Å². The highest BCUT2D eigenvalue weighted by atomic mass is 16.2. The van der Waals surface area contributed by atoms with Crippen molar-refractivity contribution in [3.05, 3.63) is 0 Å². The average molecular weight is 323 g/mol. The summed E-state index contributed by atoms with van der Waals surface area (Å²) in [4.78, 5) is 29.6. The Kier molecular flexibility index (Phi) is 6.24. The summed E-state index contributed by atoms with van der Waals surface area (Å²) in [5.74, 6) is 1.37. The molecule has 2 amide bonds. The topological polar surface area (TPSA) is 85.8 Å². The number of amides is 2. The van der Waals surface area contributed by atoms with Crippen molar-refractivity contribution >= 4 is 17.8 Å². The summed E-state index contributed by atoms with van der Waals surface area (Å²) in [5.41, 5.74) is 0. The molecule has 1 unspecified atom stereocenters. The lowest BCUT2D eigenvalue weighted by molar-refractivity contribution is -0.133. The van der Waals surface area contributed by atoms with Gasteiger partial charge < -0.3 is 20.9 Å². The molecule has 0 aromatic rings. The Hall–Kier alpha value is -1.79. The minimum Gasteiger partial charge on any atom is -0.355 e. The van der Waals surface area contributed by atoms with Gasteiger partial charge in [-0.25, -0.2) is 0 Å². The van der Waals surface area contributed by atoms with Gasteiger partial charge in [0.1, 0.15) is 0 Å². The number of nitrogens with zero attached hydrogens (tertiary/aromatic N) is 2. The molecular weight excluding hydrogens is 294 g/mol. The maximum absolute atomic E-state index is 12.0. The molecule has 2 aliphatic rings. The number of carbonyl (C=O) groups excluding carboxylic acids is 2. The van der Waals surface area contributed by atoms with Crippen LogP contribution in [0, 0.1) is 11.8 Å². The second kappa shape index (κ2) is 8.17. The van der Waals surface area contributed by atoms with Gasteiger partial charge in [0, 0.05) is 51.1 Å². The molecule has 1 aliphatic carbocycles. The molecule has 2 rings (SSSR count). The molecule has 0 radical (unpaired) electrons. The molecule has 0 aromatic carbocycles. The number of likely N-dealkylation sites (tertiary alicyclic amines) is 1. The summed E-state index contributed by atoms with van der Waals surface area (Å²) in [6, 6.07) is 0.227. The summed E-state index contributed by atoms with van der Waals surface area (Å²) in [6.07, 6.45) is 2.98. The van der Waals surface area contributed by atoms with Gasteiger partial charge in [0.2, 0.25) is 11.8 Å². The first kappa shape index (κ1) is 17.6. The van der Waals surface area contributed by atoms with Gasteiger partial charge in [-0.05, 0) is 19.3 Å². The molecular formula is C16H29N5O2. The lowest BCUT2D eigenvalue weighted by atomic mass is 10.2. The number of nitrogens with one attached hydrogen (secondary N) is 3. The maximum Gasteiger partial charge on any atom is 0.225 e. The van der Waals surface area contributed by atoms with Crippen molar-refractivity contribution in [3.63, 3.8) is 0 Å². The molecule has 7 nitrogen and oxygen atoms in total. The highest BCUT2D eigenvalue weighted by Gasteiger charge is 2.29. The Morgan fingerprint density at radius 3 is 2.48 bits per heavy atom. The van der Waals surface area contributed by atoms with Gasteiger partial charge in [-0.15, -0.1) is 0 Å². The number of hydrogen-bond donors (Lipinski definition) is 3. The molecule has 1 saturated carbocycles. The average Bonchev–Trinajstić information content (AvgIpc) is 3.29. The van der Waals surface area contributed by atoms with Crippen LogP contribution < -0.4 is 16.0 Å². The van der Waals surface area contributed by atoms with E-state index >= 15 is 0 Å². The van der Waals surface area contributed by atoms with Crippen LogP contribution in [0.5, 0.6) is 0 Å². The van der Waals surface area contributed by atoms with Crippen molar-refractivity contribution in [2.45, 2.75) is 39.2 Å². The van der Waals surface area contributed by atoms with Crippen molar-refractivity contribution < 1.29 is 9.59 Å². The van der Waals surface area contributed by atoms with E-state index in [2.05, 4.69) is 20.9 Å². The van der Waals surface area contributed by atoms with E-state index in [1.807, 2.05) is 18.7 Å². The first-order valence-corrected chi connectivity index (χ1v) is 8.55. The first-order valence-electron chi connectivity index (χ1n) is 8.55. The van der Waals surface area contributed by atoms with Gasteiger partial charge in [0.05, 0.1) is 0 Å². The number of rotatable bonds is 6. The van der Waals surface area contributed by atoms with Crippen LogP contribution in [-0.4, -0.2) is 61.9 Å². The Labute approximate surface area is 138 Å². The van der Waals surface area contributed by atoms with Crippen LogP contribution in [0.4, 0.5) is 0 Å². The van der Waals surface area contributed by atoms with E-state index in [1.54, 1.807) is 7.05 Å². The van der Waals surface area contributed by atoms with Crippen LogP contribution in [0.2, 0.25) is 0 Å². The van der Waals surface area contributed by atoms with E-state index in [9.17, 15) is 9.59 Å². The van der Waals surface area contributed by atoms with Crippen LogP contribution in [0.1, 0.15) is 33.1 Å².